The van der Waals surface area contributed by atoms with Crippen molar-refractivity contribution in [3.05, 3.63) is 88.7 Å². The highest BCUT2D eigenvalue weighted by Gasteiger charge is 2.30. The Labute approximate surface area is 218 Å². The average Bonchev–Trinajstić information content (AvgIpc) is 2.86. The minimum Gasteiger partial charge on any atom is -0.493 e. The Hall–Kier alpha value is -4.34. The fourth-order valence-corrected chi connectivity index (χ4v) is 3.90. The molecule has 1 aromatic heterocycles. The van der Waals surface area contributed by atoms with E-state index < -0.39 is 47.5 Å². The molecule has 1 N–H and O–H groups in total. The summed E-state index contributed by atoms with van der Waals surface area (Å²) in [5.41, 5.74) is 1.52. The summed E-state index contributed by atoms with van der Waals surface area (Å²) in [5.74, 6) is -4.65. The summed E-state index contributed by atoms with van der Waals surface area (Å²) in [6.45, 7) is 6.04. The maximum atomic E-state index is 14.8. The van der Waals surface area contributed by atoms with Gasteiger partial charge in [-0.25, -0.2) is 18.6 Å². The van der Waals surface area contributed by atoms with Crippen LogP contribution >= 0.6 is 0 Å². The number of amides is 1. The van der Waals surface area contributed by atoms with Gasteiger partial charge in [-0.3, -0.25) is 9.59 Å². The standard InChI is InChI=1S/C28H28F2N2O6/c1-15-6-8-19(9-7-15)24(21-11-10-20(29)14-22(21)30)17(3)37-28(35)16(2)32-27(34)25-26(38-18(4)33)23(36-5)12-13-31-25/h6-14,16-17,24H,1-5H3,(H,32,34)/t16-,17-,24-/m0/s1. The number of pyridine rings is 1. The summed E-state index contributed by atoms with van der Waals surface area (Å²) in [6.07, 6.45) is 0.394. The van der Waals surface area contributed by atoms with E-state index in [1.54, 1.807) is 19.1 Å². The summed E-state index contributed by atoms with van der Waals surface area (Å²) in [6, 6.07) is 10.7. The second-order valence-corrected chi connectivity index (χ2v) is 8.68. The van der Waals surface area contributed by atoms with E-state index >= 15 is 0 Å². The van der Waals surface area contributed by atoms with E-state index in [4.69, 9.17) is 14.2 Å². The number of hydrogen-bond acceptors (Lipinski definition) is 7. The van der Waals surface area contributed by atoms with Crippen molar-refractivity contribution >= 4 is 17.8 Å². The molecule has 8 nitrogen and oxygen atoms in total. The van der Waals surface area contributed by atoms with Crippen molar-refractivity contribution in [2.45, 2.75) is 45.8 Å². The smallest absolute Gasteiger partial charge is 0.328 e. The Bertz CT molecular complexity index is 1330. The topological polar surface area (TPSA) is 104 Å². The molecule has 0 bridgehead atoms. The molecule has 0 radical (unpaired) electrons. The lowest BCUT2D eigenvalue weighted by Crippen LogP contribution is -2.41. The number of nitrogens with one attached hydrogen (secondary N) is 1. The Balaban J connectivity index is 1.82. The van der Waals surface area contributed by atoms with Crippen LogP contribution in [0.2, 0.25) is 0 Å². The highest BCUT2D eigenvalue weighted by atomic mass is 19.1. The third kappa shape index (κ3) is 6.70. The molecular formula is C28H28F2N2O6. The van der Waals surface area contributed by atoms with E-state index in [0.29, 0.717) is 5.56 Å². The minimum absolute atomic E-state index is 0.103. The normalized spacial score (nSPS) is 13.1. The Morgan fingerprint density at radius 1 is 1.00 bits per heavy atom. The predicted octanol–water partition coefficient (Wildman–Crippen LogP) is 4.48. The quantitative estimate of drug-likeness (QED) is 0.410. The van der Waals surface area contributed by atoms with Crippen LogP contribution in [0.4, 0.5) is 8.78 Å². The van der Waals surface area contributed by atoms with Crippen molar-refractivity contribution in [3.63, 3.8) is 0 Å². The van der Waals surface area contributed by atoms with E-state index in [1.807, 2.05) is 19.1 Å². The van der Waals surface area contributed by atoms with Gasteiger partial charge in [0.25, 0.3) is 5.91 Å². The highest BCUT2D eigenvalue weighted by Crippen LogP contribution is 2.33. The van der Waals surface area contributed by atoms with Crippen LogP contribution in [0.15, 0.2) is 54.7 Å². The maximum absolute atomic E-state index is 14.8. The van der Waals surface area contributed by atoms with Gasteiger partial charge >= 0.3 is 11.9 Å². The average molecular weight is 527 g/mol. The Morgan fingerprint density at radius 2 is 1.68 bits per heavy atom. The number of benzene rings is 2. The molecule has 0 saturated carbocycles. The molecule has 3 rings (SSSR count). The molecular weight excluding hydrogens is 498 g/mol. The largest absolute Gasteiger partial charge is 0.493 e. The van der Waals surface area contributed by atoms with Crippen LogP contribution < -0.4 is 14.8 Å². The molecule has 1 amide bonds. The number of ether oxygens (including phenoxy) is 3. The van der Waals surface area contributed by atoms with Gasteiger partial charge in [-0.2, -0.15) is 0 Å². The first kappa shape index (κ1) is 28.2. The van der Waals surface area contributed by atoms with Crippen molar-refractivity contribution in [1.29, 1.82) is 0 Å². The molecule has 0 aliphatic carbocycles. The summed E-state index contributed by atoms with van der Waals surface area (Å²) in [5, 5.41) is 2.46. The highest BCUT2D eigenvalue weighted by molar-refractivity contribution is 5.98. The lowest BCUT2D eigenvalue weighted by molar-refractivity contribution is -0.150. The van der Waals surface area contributed by atoms with Gasteiger partial charge in [0.1, 0.15) is 23.8 Å². The number of hydrogen-bond donors (Lipinski definition) is 1. The number of aryl methyl sites for hydroxylation is 1. The zero-order valence-electron chi connectivity index (χ0n) is 21.6. The third-order valence-corrected chi connectivity index (χ3v) is 5.76. The Morgan fingerprint density at radius 3 is 2.29 bits per heavy atom. The van der Waals surface area contributed by atoms with E-state index in [1.165, 1.54) is 32.4 Å². The zero-order chi connectivity index (χ0) is 28.0. The number of nitrogens with zero attached hydrogens (tertiary/aromatic N) is 1. The molecule has 0 fully saturated rings. The van der Waals surface area contributed by atoms with E-state index in [0.717, 1.165) is 24.6 Å². The lowest BCUT2D eigenvalue weighted by atomic mass is 9.86. The summed E-state index contributed by atoms with van der Waals surface area (Å²) in [7, 11) is 1.33. The van der Waals surface area contributed by atoms with E-state index in [-0.39, 0.29) is 22.8 Å². The summed E-state index contributed by atoms with van der Waals surface area (Å²) >= 11 is 0. The molecule has 0 aliphatic heterocycles. The maximum Gasteiger partial charge on any atom is 0.328 e. The molecule has 1 heterocycles. The second kappa shape index (κ2) is 12.3. The molecule has 200 valence electrons. The molecule has 0 saturated heterocycles. The van der Waals surface area contributed by atoms with Gasteiger partial charge in [0.15, 0.2) is 11.4 Å². The number of esters is 2. The summed E-state index contributed by atoms with van der Waals surface area (Å²) in [4.78, 5) is 41.3. The number of methoxy groups -OCH3 is 1. The van der Waals surface area contributed by atoms with Crippen LogP contribution in [0.3, 0.4) is 0 Å². The van der Waals surface area contributed by atoms with Gasteiger partial charge in [-0.05, 0) is 38.0 Å². The number of rotatable bonds is 9. The van der Waals surface area contributed by atoms with Gasteiger partial charge < -0.3 is 19.5 Å². The predicted molar refractivity (Wildman–Crippen MR) is 134 cm³/mol. The van der Waals surface area contributed by atoms with E-state index in [2.05, 4.69) is 10.3 Å². The van der Waals surface area contributed by atoms with Crippen LogP contribution in [0, 0.1) is 18.6 Å². The fourth-order valence-electron chi connectivity index (χ4n) is 3.90. The molecule has 0 spiro atoms. The molecule has 3 aromatic rings. The number of carbonyl (C=O) groups is 3. The first-order valence-corrected chi connectivity index (χ1v) is 11.8. The first-order valence-electron chi connectivity index (χ1n) is 11.8. The van der Waals surface area contributed by atoms with Crippen LogP contribution in [0.5, 0.6) is 11.5 Å². The lowest BCUT2D eigenvalue weighted by Gasteiger charge is -2.27. The van der Waals surface area contributed by atoms with Crippen molar-refractivity contribution < 1.29 is 37.4 Å². The van der Waals surface area contributed by atoms with Gasteiger partial charge in [-0.15, -0.1) is 0 Å². The van der Waals surface area contributed by atoms with E-state index in [9.17, 15) is 23.2 Å². The van der Waals surface area contributed by atoms with Crippen molar-refractivity contribution in [2.24, 2.45) is 0 Å². The summed E-state index contributed by atoms with van der Waals surface area (Å²) < 4.78 is 44.2. The van der Waals surface area contributed by atoms with Crippen LogP contribution in [-0.4, -0.2) is 42.1 Å². The van der Waals surface area contributed by atoms with Gasteiger partial charge in [-0.1, -0.05) is 35.9 Å². The Kier molecular flexibility index (Phi) is 9.11. The molecule has 0 aliphatic rings. The second-order valence-electron chi connectivity index (χ2n) is 8.68. The van der Waals surface area contributed by atoms with Gasteiger partial charge in [0, 0.05) is 31.2 Å². The van der Waals surface area contributed by atoms with Crippen LogP contribution in [-0.2, 0) is 14.3 Å². The van der Waals surface area contributed by atoms with Crippen molar-refractivity contribution in [3.8, 4) is 11.5 Å². The van der Waals surface area contributed by atoms with Gasteiger partial charge in [0.2, 0.25) is 5.75 Å². The molecule has 2 aromatic carbocycles. The van der Waals surface area contributed by atoms with Crippen molar-refractivity contribution in [1.82, 2.24) is 10.3 Å². The SMILES string of the molecule is COc1ccnc(C(=O)N[C@@H](C)C(=O)O[C@@H](C)[C@@H](c2ccc(C)cc2)c2ccc(F)cc2F)c1OC(C)=O. The molecule has 0 unspecified atom stereocenters. The fraction of sp³-hybridized carbons (Fsp3) is 0.286. The molecule has 10 heteroatoms. The molecule has 38 heavy (non-hydrogen) atoms. The van der Waals surface area contributed by atoms with Gasteiger partial charge in [0.05, 0.1) is 7.11 Å². The van der Waals surface area contributed by atoms with Crippen molar-refractivity contribution in [2.75, 3.05) is 7.11 Å². The third-order valence-electron chi connectivity index (χ3n) is 5.76. The first-order chi connectivity index (χ1) is 18.0. The minimum atomic E-state index is -1.15. The monoisotopic (exact) mass is 526 g/mol. The number of halogens is 2. The number of carbonyl (C=O) groups excluding carboxylic acids is 3. The molecule has 3 atom stereocenters. The van der Waals surface area contributed by atoms with Crippen LogP contribution in [0.1, 0.15) is 53.9 Å². The zero-order valence-corrected chi connectivity index (χ0v) is 21.6. The number of aromatic nitrogens is 1. The van der Waals surface area contributed by atoms with Crippen LogP contribution in [0.25, 0.3) is 0 Å².